The number of piperidine rings is 2. The van der Waals surface area contributed by atoms with Gasteiger partial charge in [-0.2, -0.15) is 0 Å². The van der Waals surface area contributed by atoms with Crippen molar-refractivity contribution in [3.8, 4) is 0 Å². The average molecular weight is 241 g/mol. The summed E-state index contributed by atoms with van der Waals surface area (Å²) in [6, 6.07) is 9.87. The van der Waals surface area contributed by atoms with Gasteiger partial charge in [0.15, 0.2) is 0 Å². The predicted octanol–water partition coefficient (Wildman–Crippen LogP) is 2.73. The Labute approximate surface area is 108 Å². The van der Waals surface area contributed by atoms with Gasteiger partial charge in [-0.3, -0.25) is 4.79 Å². The molecule has 1 aromatic rings. The van der Waals surface area contributed by atoms with E-state index >= 15 is 0 Å². The largest absolute Gasteiger partial charge is 0.336 e. The maximum absolute atomic E-state index is 11.9. The van der Waals surface area contributed by atoms with Crippen molar-refractivity contribution in [2.75, 3.05) is 0 Å². The molecule has 1 amide bonds. The van der Waals surface area contributed by atoms with E-state index in [1.165, 1.54) is 24.8 Å². The van der Waals surface area contributed by atoms with Crippen molar-refractivity contribution in [1.82, 2.24) is 4.90 Å². The minimum atomic E-state index is 0.285. The molecule has 1 saturated carbocycles. The Bertz CT molecular complexity index is 510. The Morgan fingerprint density at radius 3 is 2.94 bits per heavy atom. The highest BCUT2D eigenvalue weighted by Crippen LogP contribution is 2.52. The lowest BCUT2D eigenvalue weighted by Crippen LogP contribution is -2.61. The molecule has 3 fully saturated rings. The zero-order chi connectivity index (χ0) is 12.3. The lowest BCUT2D eigenvalue weighted by Gasteiger charge is -2.57. The summed E-state index contributed by atoms with van der Waals surface area (Å²) in [7, 11) is 0. The molecule has 18 heavy (non-hydrogen) atoms. The zero-order valence-corrected chi connectivity index (χ0v) is 10.8. The third-order valence-corrected chi connectivity index (χ3v) is 5.37. The third-order valence-electron chi connectivity index (χ3n) is 5.37. The monoisotopic (exact) mass is 241 g/mol. The first-order valence-electron chi connectivity index (χ1n) is 7.12. The number of carbonyl (C=O) groups is 1. The van der Waals surface area contributed by atoms with Gasteiger partial charge in [0.2, 0.25) is 5.91 Å². The third kappa shape index (κ3) is 1.26. The SMILES string of the molecule is CC(=O)N1C2CCC3C(C2)c2ccccc2CC31. The van der Waals surface area contributed by atoms with Crippen LogP contribution in [-0.2, 0) is 11.2 Å². The molecule has 2 aliphatic carbocycles. The summed E-state index contributed by atoms with van der Waals surface area (Å²) in [6.45, 7) is 1.75. The molecule has 4 unspecified atom stereocenters. The van der Waals surface area contributed by atoms with Crippen molar-refractivity contribution in [3.05, 3.63) is 35.4 Å². The number of amides is 1. The van der Waals surface area contributed by atoms with E-state index in [1.54, 1.807) is 12.5 Å². The number of benzene rings is 1. The summed E-state index contributed by atoms with van der Waals surface area (Å²) in [5.41, 5.74) is 3.06. The summed E-state index contributed by atoms with van der Waals surface area (Å²) < 4.78 is 0. The first-order valence-corrected chi connectivity index (χ1v) is 7.12. The van der Waals surface area contributed by atoms with Crippen molar-refractivity contribution >= 4 is 5.91 Å². The second-order valence-electron chi connectivity index (χ2n) is 6.13. The van der Waals surface area contributed by atoms with Gasteiger partial charge in [-0.25, -0.2) is 0 Å². The second kappa shape index (κ2) is 3.59. The van der Waals surface area contributed by atoms with E-state index in [0.717, 1.165) is 6.42 Å². The topological polar surface area (TPSA) is 20.3 Å². The van der Waals surface area contributed by atoms with Gasteiger partial charge < -0.3 is 4.90 Å². The highest BCUT2D eigenvalue weighted by Gasteiger charge is 2.51. The van der Waals surface area contributed by atoms with Crippen LogP contribution in [0, 0.1) is 5.92 Å². The van der Waals surface area contributed by atoms with Crippen LogP contribution in [-0.4, -0.2) is 22.9 Å². The fraction of sp³-hybridized carbons (Fsp3) is 0.562. The molecule has 2 aliphatic heterocycles. The van der Waals surface area contributed by atoms with Gasteiger partial charge in [0.25, 0.3) is 0 Å². The molecular formula is C16H19NO. The molecule has 0 N–H and O–H groups in total. The molecule has 4 aliphatic rings. The lowest BCUT2D eigenvalue weighted by atomic mass is 9.60. The van der Waals surface area contributed by atoms with Crippen LogP contribution in [0.1, 0.15) is 43.2 Å². The van der Waals surface area contributed by atoms with Crippen molar-refractivity contribution in [3.63, 3.8) is 0 Å². The van der Waals surface area contributed by atoms with E-state index in [9.17, 15) is 4.79 Å². The normalized spacial score (nSPS) is 36.4. The van der Waals surface area contributed by atoms with Crippen LogP contribution in [0.5, 0.6) is 0 Å². The highest BCUT2D eigenvalue weighted by atomic mass is 16.2. The molecule has 94 valence electrons. The Kier molecular flexibility index (Phi) is 2.12. The Balaban J connectivity index is 1.82. The number of fused-ring (bicyclic) bond motifs is 2. The van der Waals surface area contributed by atoms with E-state index in [-0.39, 0.29) is 5.91 Å². The summed E-state index contributed by atoms with van der Waals surface area (Å²) in [5.74, 6) is 1.72. The minimum Gasteiger partial charge on any atom is -0.336 e. The van der Waals surface area contributed by atoms with Crippen LogP contribution < -0.4 is 0 Å². The Hall–Kier alpha value is -1.31. The molecular weight excluding hydrogens is 222 g/mol. The molecule has 2 heterocycles. The van der Waals surface area contributed by atoms with Crippen LogP contribution in [0.15, 0.2) is 24.3 Å². The van der Waals surface area contributed by atoms with Gasteiger partial charge >= 0.3 is 0 Å². The van der Waals surface area contributed by atoms with Crippen LogP contribution in [0.4, 0.5) is 0 Å². The molecule has 2 saturated heterocycles. The van der Waals surface area contributed by atoms with E-state index in [1.807, 2.05) is 0 Å². The van der Waals surface area contributed by atoms with Crippen molar-refractivity contribution in [1.29, 1.82) is 0 Å². The number of rotatable bonds is 0. The van der Waals surface area contributed by atoms with E-state index < -0.39 is 0 Å². The van der Waals surface area contributed by atoms with Crippen LogP contribution >= 0.6 is 0 Å². The van der Waals surface area contributed by atoms with Crippen molar-refractivity contribution in [2.24, 2.45) is 5.92 Å². The minimum absolute atomic E-state index is 0.285. The van der Waals surface area contributed by atoms with Crippen LogP contribution in [0.25, 0.3) is 0 Å². The maximum Gasteiger partial charge on any atom is 0.219 e. The predicted molar refractivity (Wildman–Crippen MR) is 70.3 cm³/mol. The molecule has 1 aromatic carbocycles. The molecule has 0 spiro atoms. The highest BCUT2D eigenvalue weighted by molar-refractivity contribution is 5.74. The quantitative estimate of drug-likeness (QED) is 0.684. The number of carbonyl (C=O) groups excluding carboxylic acids is 1. The molecule has 0 radical (unpaired) electrons. The molecule has 4 bridgehead atoms. The molecule has 0 aromatic heterocycles. The number of hydrogen-bond acceptors (Lipinski definition) is 1. The van der Waals surface area contributed by atoms with Crippen molar-refractivity contribution < 1.29 is 4.79 Å². The average Bonchev–Trinajstić information content (AvgIpc) is 2.39. The lowest BCUT2D eigenvalue weighted by molar-refractivity contribution is -0.144. The second-order valence-corrected chi connectivity index (χ2v) is 6.13. The molecule has 5 rings (SSSR count). The first-order chi connectivity index (χ1) is 8.75. The van der Waals surface area contributed by atoms with E-state index in [0.29, 0.717) is 23.9 Å². The smallest absolute Gasteiger partial charge is 0.219 e. The maximum atomic E-state index is 11.9. The summed E-state index contributed by atoms with van der Waals surface area (Å²) in [6.07, 6.45) is 4.81. The van der Waals surface area contributed by atoms with Gasteiger partial charge in [-0.15, -0.1) is 0 Å². The van der Waals surface area contributed by atoms with E-state index in [2.05, 4.69) is 29.2 Å². The summed E-state index contributed by atoms with van der Waals surface area (Å²) in [4.78, 5) is 14.1. The standard InChI is InChI=1S/C16H19NO/c1-10(18)17-12-6-7-14-15(9-12)13-5-3-2-4-11(13)8-16(14)17/h2-5,12,14-16H,6-9H2,1H3. The Morgan fingerprint density at radius 2 is 2.11 bits per heavy atom. The van der Waals surface area contributed by atoms with Gasteiger partial charge in [-0.05, 0) is 48.6 Å². The van der Waals surface area contributed by atoms with E-state index in [4.69, 9.17) is 0 Å². The molecule has 2 nitrogen and oxygen atoms in total. The summed E-state index contributed by atoms with van der Waals surface area (Å²) in [5, 5.41) is 0. The van der Waals surface area contributed by atoms with Gasteiger partial charge in [0, 0.05) is 19.0 Å². The number of hydrogen-bond donors (Lipinski definition) is 0. The van der Waals surface area contributed by atoms with Crippen molar-refractivity contribution in [2.45, 2.75) is 50.6 Å². The van der Waals surface area contributed by atoms with Gasteiger partial charge in [0.1, 0.15) is 0 Å². The fourth-order valence-electron chi connectivity index (χ4n) is 4.77. The van der Waals surface area contributed by atoms with Crippen LogP contribution in [0.3, 0.4) is 0 Å². The molecule has 4 atom stereocenters. The molecule has 2 heteroatoms. The van der Waals surface area contributed by atoms with Crippen LogP contribution in [0.2, 0.25) is 0 Å². The Morgan fingerprint density at radius 1 is 1.28 bits per heavy atom. The fourth-order valence-corrected chi connectivity index (χ4v) is 4.77. The van der Waals surface area contributed by atoms with Gasteiger partial charge in [-0.1, -0.05) is 24.3 Å². The number of nitrogens with zero attached hydrogens (tertiary/aromatic N) is 1. The first kappa shape index (κ1) is 10.6. The zero-order valence-electron chi connectivity index (χ0n) is 10.8. The van der Waals surface area contributed by atoms with Gasteiger partial charge in [0.05, 0.1) is 0 Å². The summed E-state index contributed by atoms with van der Waals surface area (Å²) >= 11 is 0.